The van der Waals surface area contributed by atoms with Gasteiger partial charge in [0.25, 0.3) is 0 Å². The molecule has 0 heterocycles. The van der Waals surface area contributed by atoms with Crippen LogP contribution >= 0.6 is 0 Å². The average Bonchev–Trinajstić information content (AvgIpc) is 2.66. The molecule has 2 rings (SSSR count). The van der Waals surface area contributed by atoms with E-state index in [9.17, 15) is 12.8 Å². The van der Waals surface area contributed by atoms with Gasteiger partial charge in [0.2, 0.25) is 10.0 Å². The molecule has 140 valence electrons. The van der Waals surface area contributed by atoms with Crippen LogP contribution < -0.4 is 15.4 Å². The first-order chi connectivity index (χ1) is 12.5. The number of nitrogens with one attached hydrogen (secondary N) is 3. The highest BCUT2D eigenvalue weighted by Gasteiger charge is 2.11. The van der Waals surface area contributed by atoms with E-state index in [0.717, 1.165) is 12.0 Å². The van der Waals surface area contributed by atoms with E-state index in [1.807, 2.05) is 0 Å². The normalized spacial score (nSPS) is 12.0. The Balaban J connectivity index is 1.69. The average molecular weight is 378 g/mol. The predicted octanol–water partition coefficient (Wildman–Crippen LogP) is 1.51. The van der Waals surface area contributed by atoms with Gasteiger partial charge in [-0.25, -0.2) is 17.5 Å². The highest BCUT2D eigenvalue weighted by molar-refractivity contribution is 7.89. The Labute approximate surface area is 153 Å². The fraction of sp³-hybridized carbons (Fsp3) is 0.278. The molecular formula is C18H23FN4O2S. The van der Waals surface area contributed by atoms with Crippen molar-refractivity contribution in [2.75, 3.05) is 26.7 Å². The Morgan fingerprint density at radius 3 is 2.27 bits per heavy atom. The summed E-state index contributed by atoms with van der Waals surface area (Å²) in [6.45, 7) is 1.25. The van der Waals surface area contributed by atoms with Crippen molar-refractivity contribution in [3.63, 3.8) is 0 Å². The van der Waals surface area contributed by atoms with E-state index in [1.54, 1.807) is 49.5 Å². The molecule has 3 N–H and O–H groups in total. The van der Waals surface area contributed by atoms with E-state index in [1.165, 1.54) is 12.1 Å². The molecule has 0 spiro atoms. The van der Waals surface area contributed by atoms with Crippen LogP contribution in [0.3, 0.4) is 0 Å². The van der Waals surface area contributed by atoms with Crippen molar-refractivity contribution in [1.82, 2.24) is 15.4 Å². The Morgan fingerprint density at radius 1 is 0.962 bits per heavy atom. The van der Waals surface area contributed by atoms with Gasteiger partial charge in [-0.05, 0) is 36.2 Å². The molecular weight excluding hydrogens is 355 g/mol. The Bertz CT molecular complexity index is 809. The molecule has 26 heavy (non-hydrogen) atoms. The second-order valence-electron chi connectivity index (χ2n) is 5.51. The van der Waals surface area contributed by atoms with Crippen LogP contribution in [-0.4, -0.2) is 41.1 Å². The molecule has 0 aliphatic heterocycles. The number of nitrogens with zero attached hydrogens (tertiary/aromatic N) is 1. The van der Waals surface area contributed by atoms with Gasteiger partial charge in [-0.3, -0.25) is 4.99 Å². The molecule has 0 aliphatic rings. The van der Waals surface area contributed by atoms with Crippen molar-refractivity contribution >= 4 is 16.0 Å². The zero-order valence-corrected chi connectivity index (χ0v) is 15.4. The molecule has 0 bridgehead atoms. The molecule has 0 aliphatic carbocycles. The van der Waals surface area contributed by atoms with E-state index in [0.29, 0.717) is 19.0 Å². The van der Waals surface area contributed by atoms with E-state index < -0.39 is 10.0 Å². The van der Waals surface area contributed by atoms with Gasteiger partial charge >= 0.3 is 0 Å². The van der Waals surface area contributed by atoms with Crippen LogP contribution in [-0.2, 0) is 16.4 Å². The molecule has 0 aromatic heterocycles. The van der Waals surface area contributed by atoms with Crippen molar-refractivity contribution in [1.29, 1.82) is 0 Å². The number of rotatable bonds is 8. The van der Waals surface area contributed by atoms with Crippen LogP contribution in [0.15, 0.2) is 64.5 Å². The van der Waals surface area contributed by atoms with Crippen molar-refractivity contribution in [3.8, 4) is 0 Å². The van der Waals surface area contributed by atoms with E-state index in [2.05, 4.69) is 20.3 Å². The number of sulfonamides is 1. The third kappa shape index (κ3) is 6.45. The molecule has 0 amide bonds. The maximum Gasteiger partial charge on any atom is 0.240 e. The Hall–Kier alpha value is -2.45. The van der Waals surface area contributed by atoms with E-state index in [-0.39, 0.29) is 17.3 Å². The fourth-order valence-electron chi connectivity index (χ4n) is 2.25. The summed E-state index contributed by atoms with van der Waals surface area (Å²) in [4.78, 5) is 4.32. The van der Waals surface area contributed by atoms with E-state index in [4.69, 9.17) is 0 Å². The Kier molecular flexibility index (Phi) is 7.55. The lowest BCUT2D eigenvalue weighted by Gasteiger charge is -2.12. The third-order valence-electron chi connectivity index (χ3n) is 3.61. The summed E-state index contributed by atoms with van der Waals surface area (Å²) in [5, 5.41) is 6.17. The van der Waals surface area contributed by atoms with Gasteiger partial charge in [0, 0.05) is 26.7 Å². The third-order valence-corrected chi connectivity index (χ3v) is 5.08. The molecule has 0 unspecified atom stereocenters. The minimum absolute atomic E-state index is 0.232. The number of guanidine groups is 1. The molecule has 0 atom stereocenters. The molecule has 6 nitrogen and oxygen atoms in total. The molecule has 0 fully saturated rings. The fourth-order valence-corrected chi connectivity index (χ4v) is 3.30. The predicted molar refractivity (Wildman–Crippen MR) is 101 cm³/mol. The summed E-state index contributed by atoms with van der Waals surface area (Å²) < 4.78 is 39.6. The van der Waals surface area contributed by atoms with Gasteiger partial charge in [-0.15, -0.1) is 0 Å². The van der Waals surface area contributed by atoms with Gasteiger partial charge in [0.15, 0.2) is 5.96 Å². The number of halogens is 1. The van der Waals surface area contributed by atoms with Crippen LogP contribution in [0, 0.1) is 5.82 Å². The van der Waals surface area contributed by atoms with Gasteiger partial charge < -0.3 is 10.6 Å². The summed E-state index contributed by atoms with van der Waals surface area (Å²) in [6.07, 6.45) is 0.724. The van der Waals surface area contributed by atoms with Crippen molar-refractivity contribution in [2.45, 2.75) is 11.3 Å². The maximum atomic E-state index is 12.9. The van der Waals surface area contributed by atoms with E-state index >= 15 is 0 Å². The summed E-state index contributed by atoms with van der Waals surface area (Å²) in [7, 11) is -1.86. The number of benzene rings is 2. The second-order valence-corrected chi connectivity index (χ2v) is 7.28. The topological polar surface area (TPSA) is 82.6 Å². The van der Waals surface area contributed by atoms with Gasteiger partial charge in [0.05, 0.1) is 4.90 Å². The van der Waals surface area contributed by atoms with Crippen molar-refractivity contribution in [2.24, 2.45) is 4.99 Å². The molecule has 0 saturated heterocycles. The summed E-state index contributed by atoms with van der Waals surface area (Å²) in [6, 6.07) is 14.6. The van der Waals surface area contributed by atoms with Crippen LogP contribution in [0.5, 0.6) is 0 Å². The molecule has 0 saturated carbocycles. The Morgan fingerprint density at radius 2 is 1.62 bits per heavy atom. The van der Waals surface area contributed by atoms with Gasteiger partial charge in [-0.1, -0.05) is 30.3 Å². The summed E-state index contributed by atoms with van der Waals surface area (Å²) >= 11 is 0. The quantitative estimate of drug-likeness (QED) is 0.369. The first-order valence-corrected chi connectivity index (χ1v) is 9.73. The lowest BCUT2D eigenvalue weighted by Crippen LogP contribution is -2.42. The first kappa shape index (κ1) is 19.9. The largest absolute Gasteiger partial charge is 0.356 e. The number of aliphatic imine (C=N–C) groups is 1. The van der Waals surface area contributed by atoms with Crippen molar-refractivity contribution in [3.05, 3.63) is 66.0 Å². The standard InChI is InChI=1S/C18H23FN4O2S/c1-20-18(21-12-11-15-7-9-16(19)10-8-15)22-13-14-23-26(24,25)17-5-3-2-4-6-17/h2-10,23H,11-14H2,1H3,(H2,20,21,22). The summed E-state index contributed by atoms with van der Waals surface area (Å²) in [5.74, 6) is 0.322. The zero-order valence-electron chi connectivity index (χ0n) is 14.6. The minimum atomic E-state index is -3.50. The molecule has 2 aromatic rings. The van der Waals surface area contributed by atoms with Crippen LogP contribution in [0.2, 0.25) is 0 Å². The van der Waals surface area contributed by atoms with Crippen LogP contribution in [0.25, 0.3) is 0 Å². The minimum Gasteiger partial charge on any atom is -0.356 e. The SMILES string of the molecule is CN=C(NCCNS(=O)(=O)c1ccccc1)NCCc1ccc(F)cc1. The molecule has 8 heteroatoms. The molecule has 2 aromatic carbocycles. The highest BCUT2D eigenvalue weighted by atomic mass is 32.2. The molecule has 0 radical (unpaired) electrons. The number of hydrogen-bond donors (Lipinski definition) is 3. The summed E-state index contributed by atoms with van der Waals surface area (Å²) in [5.41, 5.74) is 1.02. The van der Waals surface area contributed by atoms with Crippen LogP contribution in [0.4, 0.5) is 4.39 Å². The number of hydrogen-bond acceptors (Lipinski definition) is 3. The second kappa shape index (κ2) is 9.88. The first-order valence-electron chi connectivity index (χ1n) is 8.25. The lowest BCUT2D eigenvalue weighted by molar-refractivity contribution is 0.580. The maximum absolute atomic E-state index is 12.9. The van der Waals surface area contributed by atoms with Gasteiger partial charge in [0.1, 0.15) is 5.82 Å². The van der Waals surface area contributed by atoms with Crippen molar-refractivity contribution < 1.29 is 12.8 Å². The zero-order chi connectivity index (χ0) is 18.8. The highest BCUT2D eigenvalue weighted by Crippen LogP contribution is 2.06. The monoisotopic (exact) mass is 378 g/mol. The lowest BCUT2D eigenvalue weighted by atomic mass is 10.1. The van der Waals surface area contributed by atoms with Crippen LogP contribution in [0.1, 0.15) is 5.56 Å². The van der Waals surface area contributed by atoms with Gasteiger partial charge in [-0.2, -0.15) is 0 Å². The smallest absolute Gasteiger partial charge is 0.240 e.